The maximum absolute atomic E-state index is 12.9. The standard InChI is InChI=1S/C11H11F3N2O3/c12-11(13,14)7-2-1-3-15-9(7)16-5-6(17)4-8(16)10(18)19/h1-3,6,8,17H,4-5H2,(H,18,19). The van der Waals surface area contributed by atoms with Gasteiger partial charge in [0, 0.05) is 19.2 Å². The Morgan fingerprint density at radius 2 is 2.16 bits per heavy atom. The minimum absolute atomic E-state index is 0.122. The van der Waals surface area contributed by atoms with Crippen LogP contribution in [0.1, 0.15) is 12.0 Å². The number of anilines is 1. The molecule has 0 saturated carbocycles. The molecule has 2 atom stereocenters. The molecular weight excluding hydrogens is 265 g/mol. The van der Waals surface area contributed by atoms with Crippen LogP contribution in [0.15, 0.2) is 18.3 Å². The third-order valence-corrected chi connectivity index (χ3v) is 2.93. The Morgan fingerprint density at radius 1 is 1.47 bits per heavy atom. The number of aromatic nitrogens is 1. The number of alkyl halides is 3. The average Bonchev–Trinajstić information content (AvgIpc) is 2.70. The molecule has 1 aliphatic rings. The van der Waals surface area contributed by atoms with Gasteiger partial charge in [-0.15, -0.1) is 0 Å². The van der Waals surface area contributed by atoms with Crippen LogP contribution in [0.3, 0.4) is 0 Å². The Kier molecular flexibility index (Phi) is 3.36. The zero-order valence-electron chi connectivity index (χ0n) is 9.63. The van der Waals surface area contributed by atoms with Crippen molar-refractivity contribution in [2.45, 2.75) is 24.7 Å². The third kappa shape index (κ3) is 2.62. The molecule has 2 unspecified atom stereocenters. The van der Waals surface area contributed by atoms with Crippen LogP contribution in [0, 0.1) is 0 Å². The second kappa shape index (κ2) is 4.69. The number of aliphatic carboxylic acids is 1. The van der Waals surface area contributed by atoms with E-state index in [0.717, 1.165) is 23.2 Å². The zero-order chi connectivity index (χ0) is 14.2. The van der Waals surface area contributed by atoms with Gasteiger partial charge in [-0.2, -0.15) is 13.2 Å². The van der Waals surface area contributed by atoms with E-state index in [1.165, 1.54) is 0 Å². The van der Waals surface area contributed by atoms with Crippen molar-refractivity contribution >= 4 is 11.8 Å². The molecule has 104 valence electrons. The fraction of sp³-hybridized carbons (Fsp3) is 0.455. The van der Waals surface area contributed by atoms with Gasteiger partial charge in [0.25, 0.3) is 0 Å². The summed E-state index contributed by atoms with van der Waals surface area (Å²) in [4.78, 5) is 15.6. The molecule has 1 aromatic rings. The molecule has 1 fully saturated rings. The minimum Gasteiger partial charge on any atom is -0.480 e. The van der Waals surface area contributed by atoms with Crippen LogP contribution in [-0.4, -0.2) is 39.9 Å². The molecule has 0 amide bonds. The lowest BCUT2D eigenvalue weighted by Crippen LogP contribution is -2.37. The summed E-state index contributed by atoms with van der Waals surface area (Å²) in [6.07, 6.45) is -4.57. The molecular formula is C11H11F3N2O3. The van der Waals surface area contributed by atoms with Crippen LogP contribution in [0.4, 0.5) is 19.0 Å². The molecule has 19 heavy (non-hydrogen) atoms. The number of halogens is 3. The summed E-state index contributed by atoms with van der Waals surface area (Å²) in [5, 5.41) is 18.5. The smallest absolute Gasteiger partial charge is 0.419 e. The third-order valence-electron chi connectivity index (χ3n) is 2.93. The van der Waals surface area contributed by atoms with Gasteiger partial charge in [0.05, 0.1) is 11.7 Å². The quantitative estimate of drug-likeness (QED) is 0.847. The van der Waals surface area contributed by atoms with Crippen LogP contribution < -0.4 is 4.90 Å². The normalized spacial score (nSPS) is 23.7. The molecule has 1 aromatic heterocycles. The van der Waals surface area contributed by atoms with Crippen LogP contribution in [-0.2, 0) is 11.0 Å². The molecule has 0 spiro atoms. The van der Waals surface area contributed by atoms with Gasteiger partial charge in [0.2, 0.25) is 0 Å². The van der Waals surface area contributed by atoms with Gasteiger partial charge in [0.1, 0.15) is 11.9 Å². The predicted molar refractivity (Wildman–Crippen MR) is 58.6 cm³/mol. The summed E-state index contributed by atoms with van der Waals surface area (Å²) < 4.78 is 38.6. The number of carboxylic acids is 1. The maximum atomic E-state index is 12.9. The predicted octanol–water partition coefficient (Wildman–Crippen LogP) is 1.12. The van der Waals surface area contributed by atoms with E-state index < -0.39 is 35.7 Å². The minimum atomic E-state index is -4.62. The Balaban J connectivity index is 2.44. The average molecular weight is 276 g/mol. The molecule has 5 nitrogen and oxygen atoms in total. The van der Waals surface area contributed by atoms with E-state index in [1.807, 2.05) is 0 Å². The number of aliphatic hydroxyl groups is 1. The molecule has 2 rings (SSSR count). The number of carbonyl (C=O) groups is 1. The molecule has 0 aliphatic carbocycles. The SMILES string of the molecule is O=C(O)C1CC(O)CN1c1ncccc1C(F)(F)F. The summed E-state index contributed by atoms with van der Waals surface area (Å²) in [5.41, 5.74) is -1.00. The van der Waals surface area contributed by atoms with Crippen molar-refractivity contribution in [3.63, 3.8) is 0 Å². The van der Waals surface area contributed by atoms with Crippen LogP contribution >= 0.6 is 0 Å². The largest absolute Gasteiger partial charge is 0.480 e. The molecule has 1 saturated heterocycles. The summed E-state index contributed by atoms with van der Waals surface area (Å²) in [6.45, 7) is -0.183. The first-order valence-electron chi connectivity index (χ1n) is 5.50. The number of nitrogens with zero attached hydrogens (tertiary/aromatic N) is 2. The van der Waals surface area contributed by atoms with E-state index in [0.29, 0.717) is 0 Å². The number of rotatable bonds is 2. The summed E-state index contributed by atoms with van der Waals surface area (Å²) >= 11 is 0. The lowest BCUT2D eigenvalue weighted by molar-refractivity contribution is -0.140. The first-order chi connectivity index (χ1) is 8.80. The lowest BCUT2D eigenvalue weighted by Gasteiger charge is -2.25. The van der Waals surface area contributed by atoms with Crippen molar-refractivity contribution in [1.29, 1.82) is 0 Å². The first kappa shape index (κ1) is 13.6. The van der Waals surface area contributed by atoms with Crippen molar-refractivity contribution in [2.24, 2.45) is 0 Å². The zero-order valence-corrected chi connectivity index (χ0v) is 9.63. The second-order valence-corrected chi connectivity index (χ2v) is 4.27. The van der Waals surface area contributed by atoms with E-state index in [4.69, 9.17) is 5.11 Å². The Morgan fingerprint density at radius 3 is 2.74 bits per heavy atom. The highest BCUT2D eigenvalue weighted by atomic mass is 19.4. The van der Waals surface area contributed by atoms with Gasteiger partial charge in [-0.3, -0.25) is 0 Å². The van der Waals surface area contributed by atoms with E-state index in [1.54, 1.807) is 0 Å². The van der Waals surface area contributed by atoms with Crippen LogP contribution in [0.5, 0.6) is 0 Å². The summed E-state index contributed by atoms with van der Waals surface area (Å²) in [7, 11) is 0. The van der Waals surface area contributed by atoms with E-state index in [9.17, 15) is 23.1 Å². The highest BCUT2D eigenvalue weighted by Crippen LogP contribution is 2.37. The van der Waals surface area contributed by atoms with E-state index >= 15 is 0 Å². The van der Waals surface area contributed by atoms with Crippen LogP contribution in [0.25, 0.3) is 0 Å². The van der Waals surface area contributed by atoms with Gasteiger partial charge < -0.3 is 15.1 Å². The summed E-state index contributed by atoms with van der Waals surface area (Å²) in [6, 6.07) is 0.770. The Bertz CT molecular complexity index is 492. The maximum Gasteiger partial charge on any atom is 0.419 e. The van der Waals surface area contributed by atoms with Crippen molar-refractivity contribution in [3.05, 3.63) is 23.9 Å². The van der Waals surface area contributed by atoms with Crippen molar-refractivity contribution in [2.75, 3.05) is 11.4 Å². The van der Waals surface area contributed by atoms with Crippen LogP contribution in [0.2, 0.25) is 0 Å². The lowest BCUT2D eigenvalue weighted by atomic mass is 10.2. The van der Waals surface area contributed by atoms with E-state index in [2.05, 4.69) is 4.98 Å². The molecule has 1 aliphatic heterocycles. The van der Waals surface area contributed by atoms with Crippen molar-refractivity contribution in [1.82, 2.24) is 4.98 Å². The molecule has 0 bridgehead atoms. The number of hydrogen-bond acceptors (Lipinski definition) is 4. The van der Waals surface area contributed by atoms with Gasteiger partial charge in [-0.05, 0) is 12.1 Å². The molecule has 2 N–H and O–H groups in total. The number of pyridine rings is 1. The van der Waals surface area contributed by atoms with Gasteiger partial charge in [-0.25, -0.2) is 9.78 Å². The molecule has 0 radical (unpaired) electrons. The fourth-order valence-corrected chi connectivity index (χ4v) is 2.13. The number of aliphatic hydroxyl groups excluding tert-OH is 1. The monoisotopic (exact) mass is 276 g/mol. The summed E-state index contributed by atoms with van der Waals surface area (Å²) in [5.74, 6) is -1.74. The van der Waals surface area contributed by atoms with Gasteiger partial charge >= 0.3 is 12.1 Å². The number of β-amino-alcohol motifs (C(OH)–C–C–N with tert-alkyl or cyclic N) is 1. The molecule has 2 heterocycles. The second-order valence-electron chi connectivity index (χ2n) is 4.27. The van der Waals surface area contributed by atoms with Gasteiger partial charge in [-0.1, -0.05) is 0 Å². The fourth-order valence-electron chi connectivity index (χ4n) is 2.13. The number of carboxylic acid groups (broad SMARTS) is 1. The van der Waals surface area contributed by atoms with Gasteiger partial charge in [0.15, 0.2) is 0 Å². The van der Waals surface area contributed by atoms with E-state index in [-0.39, 0.29) is 13.0 Å². The molecule has 0 aromatic carbocycles. The topological polar surface area (TPSA) is 73.7 Å². The first-order valence-corrected chi connectivity index (χ1v) is 5.50. The Hall–Kier alpha value is -1.83. The Labute approximate surface area is 106 Å². The van der Waals surface area contributed by atoms with Crippen molar-refractivity contribution < 1.29 is 28.2 Å². The highest BCUT2D eigenvalue weighted by Gasteiger charge is 2.42. The van der Waals surface area contributed by atoms with Crippen molar-refractivity contribution in [3.8, 4) is 0 Å². The molecule has 8 heteroatoms. The highest BCUT2D eigenvalue weighted by molar-refractivity contribution is 5.79. The number of hydrogen-bond donors (Lipinski definition) is 2.